The number of nitrogens with two attached hydrogens (primary N) is 2. The minimum Gasteiger partial charge on any atom is -0.398 e. The van der Waals surface area contributed by atoms with Crippen LogP contribution in [0.5, 0.6) is 5.75 Å². The molecule has 0 amide bonds. The van der Waals surface area contributed by atoms with Gasteiger partial charge in [0.05, 0.1) is 6.07 Å². The second-order valence-corrected chi connectivity index (χ2v) is 1.84. The van der Waals surface area contributed by atoms with Crippen LogP contribution in [-0.4, -0.2) is 0 Å². The molecule has 4 N–H and O–H groups in total. The molecule has 0 saturated heterocycles. The van der Waals surface area contributed by atoms with Gasteiger partial charge in [-0.25, -0.2) is 0 Å². The van der Waals surface area contributed by atoms with Gasteiger partial charge in [0.1, 0.15) is 0 Å². The SMILES string of the molecule is Nc1cc([NH2+])cc([O])c1. The van der Waals surface area contributed by atoms with Crippen LogP contribution in [0.25, 0.3) is 0 Å². The van der Waals surface area contributed by atoms with Gasteiger partial charge in [0.2, 0.25) is 0 Å². The van der Waals surface area contributed by atoms with Crippen LogP contribution in [-0.2, 0) is 5.11 Å². The topological polar surface area (TPSA) is 71.2 Å². The van der Waals surface area contributed by atoms with Crippen LogP contribution >= 0.6 is 0 Å². The largest absolute Gasteiger partial charge is 0.398 e. The second kappa shape index (κ2) is 1.95. The van der Waals surface area contributed by atoms with E-state index in [4.69, 9.17) is 11.5 Å². The molecular formula is C6H7N2O+. The standard InChI is InChI=1S/C6H7N2O/c7-4-1-5(8)3-6(9)2-4/h1-3H,7-8H2/q+1. The van der Waals surface area contributed by atoms with Crippen LogP contribution in [0, 0.1) is 0 Å². The normalized spacial score (nSPS) is 9.44. The number of hydrogen-bond acceptors (Lipinski definition) is 2. The zero-order valence-electron chi connectivity index (χ0n) is 4.79. The fraction of sp³-hybridized carbons (Fsp3) is 0. The molecule has 0 aliphatic carbocycles. The van der Waals surface area contributed by atoms with Gasteiger partial charge < -0.3 is 5.73 Å². The third-order valence-corrected chi connectivity index (χ3v) is 0.951. The van der Waals surface area contributed by atoms with E-state index < -0.39 is 0 Å². The Morgan fingerprint density at radius 3 is 2.44 bits per heavy atom. The minimum atomic E-state index is -0.146. The first kappa shape index (κ1) is 5.91. The lowest BCUT2D eigenvalue weighted by Crippen LogP contribution is -2.39. The number of nitrogen functional groups attached to an aromatic ring is 2. The van der Waals surface area contributed by atoms with E-state index >= 15 is 0 Å². The first-order valence-corrected chi connectivity index (χ1v) is 2.51. The van der Waals surface area contributed by atoms with Gasteiger partial charge in [-0.3, -0.25) is 5.11 Å². The van der Waals surface area contributed by atoms with Gasteiger partial charge in [0, 0.05) is 17.8 Å². The lowest BCUT2D eigenvalue weighted by molar-refractivity contribution is -0.254. The van der Waals surface area contributed by atoms with E-state index in [1.807, 2.05) is 0 Å². The summed E-state index contributed by atoms with van der Waals surface area (Å²) in [6, 6.07) is 4.20. The van der Waals surface area contributed by atoms with Gasteiger partial charge in [0.25, 0.3) is 0 Å². The van der Waals surface area contributed by atoms with E-state index in [2.05, 4.69) is 0 Å². The van der Waals surface area contributed by atoms with Crippen LogP contribution in [0.3, 0.4) is 0 Å². The number of rotatable bonds is 0. The molecule has 0 spiro atoms. The van der Waals surface area contributed by atoms with Crippen molar-refractivity contribution in [3.05, 3.63) is 18.2 Å². The monoisotopic (exact) mass is 123 g/mol. The molecule has 1 aromatic rings. The van der Waals surface area contributed by atoms with Crippen LogP contribution in [0.2, 0.25) is 0 Å². The molecule has 2 radical (unpaired) electrons. The van der Waals surface area contributed by atoms with E-state index in [0.29, 0.717) is 11.4 Å². The minimum absolute atomic E-state index is 0.146. The summed E-state index contributed by atoms with van der Waals surface area (Å²) in [5.41, 5.74) is 11.4. The van der Waals surface area contributed by atoms with Crippen molar-refractivity contribution in [2.24, 2.45) is 0 Å². The third kappa shape index (κ3) is 1.33. The summed E-state index contributed by atoms with van der Waals surface area (Å²) < 4.78 is 0. The molecule has 0 aromatic heterocycles. The Kier molecular flexibility index (Phi) is 1.28. The van der Waals surface area contributed by atoms with Crippen molar-refractivity contribution < 1.29 is 10.8 Å². The van der Waals surface area contributed by atoms with E-state index in [1.165, 1.54) is 12.1 Å². The van der Waals surface area contributed by atoms with Gasteiger partial charge in [-0.05, 0) is 0 Å². The fourth-order valence-electron chi connectivity index (χ4n) is 0.646. The van der Waals surface area contributed by atoms with Crippen LogP contribution in [0.4, 0.5) is 11.4 Å². The summed E-state index contributed by atoms with van der Waals surface area (Å²) in [6.07, 6.45) is 0. The molecule has 0 aliphatic rings. The molecule has 3 nitrogen and oxygen atoms in total. The molecule has 3 heteroatoms. The fourth-order valence-corrected chi connectivity index (χ4v) is 0.646. The van der Waals surface area contributed by atoms with Crippen molar-refractivity contribution >= 4 is 11.4 Å². The molecule has 46 valence electrons. The molecular weight excluding hydrogens is 116 g/mol. The smallest absolute Gasteiger partial charge is 0.186 e. The van der Waals surface area contributed by atoms with Gasteiger partial charge in [-0.1, -0.05) is 0 Å². The molecule has 0 heterocycles. The average molecular weight is 123 g/mol. The summed E-state index contributed by atoms with van der Waals surface area (Å²) in [7, 11) is 0. The summed E-state index contributed by atoms with van der Waals surface area (Å²) >= 11 is 0. The Bertz CT molecular complexity index is 172. The Labute approximate surface area is 52.9 Å². The lowest BCUT2D eigenvalue weighted by Gasteiger charge is -1.89. The molecule has 1 aromatic carbocycles. The van der Waals surface area contributed by atoms with Gasteiger partial charge in [0.15, 0.2) is 11.4 Å². The maximum absolute atomic E-state index is 10.6. The Hall–Kier alpha value is -1.22. The summed E-state index contributed by atoms with van der Waals surface area (Å²) in [4.78, 5) is 0. The zero-order valence-corrected chi connectivity index (χ0v) is 4.79. The predicted octanol–water partition coefficient (Wildman–Crippen LogP) is 0.0718. The molecule has 0 atom stereocenters. The van der Waals surface area contributed by atoms with Crippen molar-refractivity contribution in [1.29, 1.82) is 0 Å². The average Bonchev–Trinajstić information content (AvgIpc) is 1.59. The summed E-state index contributed by atoms with van der Waals surface area (Å²) in [5.74, 6) is -0.146. The first-order valence-electron chi connectivity index (χ1n) is 2.51. The molecule has 9 heavy (non-hydrogen) atoms. The highest BCUT2D eigenvalue weighted by Gasteiger charge is 1.97. The molecule has 1 rings (SSSR count). The Morgan fingerprint density at radius 2 is 2.00 bits per heavy atom. The number of anilines is 2. The van der Waals surface area contributed by atoms with E-state index in [0.717, 1.165) is 0 Å². The van der Waals surface area contributed by atoms with Crippen molar-refractivity contribution in [2.45, 2.75) is 0 Å². The molecule has 0 bridgehead atoms. The third-order valence-electron chi connectivity index (χ3n) is 0.951. The Balaban J connectivity index is 3.17. The van der Waals surface area contributed by atoms with Crippen LogP contribution in [0.1, 0.15) is 0 Å². The van der Waals surface area contributed by atoms with Crippen molar-refractivity contribution in [3.63, 3.8) is 0 Å². The van der Waals surface area contributed by atoms with Crippen molar-refractivity contribution in [2.75, 3.05) is 5.73 Å². The van der Waals surface area contributed by atoms with E-state index in [1.54, 1.807) is 6.07 Å². The van der Waals surface area contributed by atoms with Crippen LogP contribution < -0.4 is 11.5 Å². The maximum atomic E-state index is 10.6. The van der Waals surface area contributed by atoms with E-state index in [9.17, 15) is 5.11 Å². The maximum Gasteiger partial charge on any atom is 0.186 e. The van der Waals surface area contributed by atoms with Gasteiger partial charge in [-0.2, -0.15) is 5.73 Å². The summed E-state index contributed by atoms with van der Waals surface area (Å²) in [5, 5.41) is 10.6. The summed E-state index contributed by atoms with van der Waals surface area (Å²) in [6.45, 7) is 0. The highest BCUT2D eigenvalue weighted by Crippen LogP contribution is 2.17. The van der Waals surface area contributed by atoms with Gasteiger partial charge in [-0.15, -0.1) is 0 Å². The van der Waals surface area contributed by atoms with Crippen molar-refractivity contribution in [1.82, 2.24) is 0 Å². The lowest BCUT2D eigenvalue weighted by atomic mass is 10.3. The molecule has 0 saturated carbocycles. The molecule has 0 aliphatic heterocycles. The van der Waals surface area contributed by atoms with Crippen molar-refractivity contribution in [3.8, 4) is 5.75 Å². The van der Waals surface area contributed by atoms with E-state index in [-0.39, 0.29) is 5.75 Å². The predicted molar refractivity (Wildman–Crippen MR) is 32.6 cm³/mol. The molecule has 0 unspecified atom stereocenters. The highest BCUT2D eigenvalue weighted by molar-refractivity contribution is 5.51. The second-order valence-electron chi connectivity index (χ2n) is 1.84. The van der Waals surface area contributed by atoms with Crippen LogP contribution in [0.15, 0.2) is 18.2 Å². The first-order chi connectivity index (χ1) is 4.18. The quantitative estimate of drug-likeness (QED) is 0.471. The molecule has 0 fully saturated rings. The van der Waals surface area contributed by atoms with Gasteiger partial charge >= 0.3 is 0 Å². The number of hydrogen-bond donors (Lipinski definition) is 2. The number of benzene rings is 1. The highest BCUT2D eigenvalue weighted by atomic mass is 16.3. The Morgan fingerprint density at radius 1 is 1.33 bits per heavy atom. The zero-order chi connectivity index (χ0) is 6.85.